The van der Waals surface area contributed by atoms with Crippen LogP contribution in [0.25, 0.3) is 0 Å². The lowest BCUT2D eigenvalue weighted by Crippen LogP contribution is -2.45. The highest BCUT2D eigenvalue weighted by atomic mass is 35.5. The second kappa shape index (κ2) is 9.14. The van der Waals surface area contributed by atoms with Gasteiger partial charge in [0.05, 0.1) is 0 Å². The van der Waals surface area contributed by atoms with Crippen molar-refractivity contribution in [2.75, 3.05) is 6.54 Å². The fraction of sp³-hybridized carbons (Fsp3) is 0.550. The zero-order valence-electron chi connectivity index (χ0n) is 16.6. The van der Waals surface area contributed by atoms with Crippen molar-refractivity contribution in [1.29, 1.82) is 0 Å². The molecule has 1 aromatic carbocycles. The molecular formula is C20H27Cl2N3O3. The lowest BCUT2D eigenvalue weighted by Gasteiger charge is -2.23. The smallest absolute Gasteiger partial charge is 0.325 e. The fourth-order valence-electron chi connectivity index (χ4n) is 3.29. The van der Waals surface area contributed by atoms with Gasteiger partial charge in [0.2, 0.25) is 5.91 Å². The molecule has 2 rings (SSSR count). The third-order valence-corrected chi connectivity index (χ3v) is 5.42. The summed E-state index contributed by atoms with van der Waals surface area (Å²) in [7, 11) is 0. The number of urea groups is 1. The third-order valence-electron chi connectivity index (χ3n) is 4.87. The van der Waals surface area contributed by atoms with Crippen molar-refractivity contribution in [2.24, 2.45) is 5.92 Å². The van der Waals surface area contributed by atoms with Crippen LogP contribution in [0.4, 0.5) is 4.79 Å². The Kier molecular flexibility index (Phi) is 7.34. The summed E-state index contributed by atoms with van der Waals surface area (Å²) in [5.74, 6) is -0.275. The van der Waals surface area contributed by atoms with Crippen molar-refractivity contribution in [1.82, 2.24) is 15.5 Å². The van der Waals surface area contributed by atoms with Gasteiger partial charge < -0.3 is 10.6 Å². The summed E-state index contributed by atoms with van der Waals surface area (Å²) in [6, 6.07) is 4.06. The Labute approximate surface area is 175 Å². The topological polar surface area (TPSA) is 78.5 Å². The van der Waals surface area contributed by atoms with E-state index in [1.165, 1.54) is 6.07 Å². The first-order valence-electron chi connectivity index (χ1n) is 9.43. The van der Waals surface area contributed by atoms with Gasteiger partial charge >= 0.3 is 6.03 Å². The van der Waals surface area contributed by atoms with Crippen LogP contribution in [0.1, 0.15) is 52.5 Å². The van der Waals surface area contributed by atoms with E-state index >= 15 is 0 Å². The number of carbonyl (C=O) groups excluding carboxylic acids is 3. The number of hydrogen-bond donors (Lipinski definition) is 2. The van der Waals surface area contributed by atoms with Crippen LogP contribution in [0.2, 0.25) is 10.0 Å². The van der Waals surface area contributed by atoms with E-state index in [0.717, 1.165) is 24.2 Å². The largest absolute Gasteiger partial charge is 0.352 e. The predicted octanol–water partition coefficient (Wildman–Crippen LogP) is 4.09. The van der Waals surface area contributed by atoms with Crippen LogP contribution in [0.5, 0.6) is 0 Å². The average molecular weight is 428 g/mol. The molecule has 8 heteroatoms. The predicted molar refractivity (Wildman–Crippen MR) is 110 cm³/mol. The van der Waals surface area contributed by atoms with Crippen molar-refractivity contribution >= 4 is 41.0 Å². The van der Waals surface area contributed by atoms with E-state index in [9.17, 15) is 14.4 Å². The molecule has 1 aliphatic rings. The highest BCUT2D eigenvalue weighted by molar-refractivity contribution is 6.35. The van der Waals surface area contributed by atoms with Gasteiger partial charge in [-0.15, -0.1) is 0 Å². The van der Waals surface area contributed by atoms with Crippen LogP contribution in [-0.4, -0.2) is 35.3 Å². The number of rotatable bonds is 8. The fourth-order valence-corrected chi connectivity index (χ4v) is 3.88. The number of halogens is 2. The molecule has 1 heterocycles. The van der Waals surface area contributed by atoms with E-state index in [-0.39, 0.29) is 23.5 Å². The standard InChI is InChI=1S/C20H27Cl2N3O3/c1-12(2)6-5-7-13(3)23-17(26)11-25-18(27)20(4,24-19(25)28)15-9-8-14(21)10-16(15)22/h8-10,12-13H,5-7,11H2,1-4H3,(H,23,26)(H,24,28)/t13-,20-/m0/s1. The number of carbonyl (C=O) groups is 3. The molecule has 1 aliphatic heterocycles. The first-order chi connectivity index (χ1) is 13.0. The minimum Gasteiger partial charge on any atom is -0.352 e. The molecule has 1 fully saturated rings. The Hall–Kier alpha value is -1.79. The van der Waals surface area contributed by atoms with E-state index in [4.69, 9.17) is 23.2 Å². The maximum absolute atomic E-state index is 12.9. The minimum absolute atomic E-state index is 0.0240. The first-order valence-corrected chi connectivity index (χ1v) is 10.2. The van der Waals surface area contributed by atoms with Gasteiger partial charge in [-0.05, 0) is 38.3 Å². The van der Waals surface area contributed by atoms with Gasteiger partial charge in [0, 0.05) is 21.7 Å². The van der Waals surface area contributed by atoms with Crippen LogP contribution < -0.4 is 10.6 Å². The number of amides is 4. The molecular weight excluding hydrogens is 401 g/mol. The highest BCUT2D eigenvalue weighted by Gasteiger charge is 2.50. The number of nitrogens with one attached hydrogen (secondary N) is 2. The van der Waals surface area contributed by atoms with Gasteiger partial charge in [0.15, 0.2) is 0 Å². The zero-order chi connectivity index (χ0) is 21.1. The van der Waals surface area contributed by atoms with Crippen LogP contribution >= 0.6 is 23.2 Å². The summed E-state index contributed by atoms with van der Waals surface area (Å²) in [4.78, 5) is 38.5. The van der Waals surface area contributed by atoms with Gasteiger partial charge in [0.25, 0.3) is 5.91 Å². The molecule has 1 aromatic rings. The van der Waals surface area contributed by atoms with E-state index < -0.39 is 17.5 Å². The average Bonchev–Trinajstić information content (AvgIpc) is 2.78. The summed E-state index contributed by atoms with van der Waals surface area (Å²) in [5, 5.41) is 6.19. The van der Waals surface area contributed by atoms with E-state index in [2.05, 4.69) is 24.5 Å². The molecule has 6 nitrogen and oxygen atoms in total. The van der Waals surface area contributed by atoms with Crippen molar-refractivity contribution in [2.45, 2.75) is 58.5 Å². The molecule has 0 bridgehead atoms. The molecule has 28 heavy (non-hydrogen) atoms. The third kappa shape index (κ3) is 5.17. The van der Waals surface area contributed by atoms with Gasteiger partial charge in [-0.1, -0.05) is 56.0 Å². The van der Waals surface area contributed by atoms with E-state index in [0.29, 0.717) is 16.5 Å². The Morgan fingerprint density at radius 1 is 1.21 bits per heavy atom. The van der Waals surface area contributed by atoms with E-state index in [1.807, 2.05) is 6.92 Å². The monoisotopic (exact) mass is 427 g/mol. The second-order valence-electron chi connectivity index (χ2n) is 7.86. The van der Waals surface area contributed by atoms with Crippen LogP contribution in [-0.2, 0) is 15.1 Å². The molecule has 0 spiro atoms. The molecule has 0 aromatic heterocycles. The molecule has 0 saturated carbocycles. The summed E-state index contributed by atoms with van der Waals surface area (Å²) in [6.45, 7) is 7.46. The Bertz CT molecular complexity index is 769. The van der Waals surface area contributed by atoms with Crippen LogP contribution in [0.3, 0.4) is 0 Å². The quantitative estimate of drug-likeness (QED) is 0.613. The molecule has 2 atom stereocenters. The van der Waals surface area contributed by atoms with Gasteiger partial charge in [0.1, 0.15) is 12.1 Å². The second-order valence-corrected chi connectivity index (χ2v) is 8.71. The van der Waals surface area contributed by atoms with Gasteiger partial charge in [-0.3, -0.25) is 14.5 Å². The maximum atomic E-state index is 12.9. The summed E-state index contributed by atoms with van der Waals surface area (Å²) in [5.41, 5.74) is -0.913. The highest BCUT2D eigenvalue weighted by Crippen LogP contribution is 2.34. The van der Waals surface area contributed by atoms with Gasteiger partial charge in [-0.25, -0.2) is 4.79 Å². The molecule has 2 N–H and O–H groups in total. The van der Waals surface area contributed by atoms with Crippen molar-refractivity contribution in [3.8, 4) is 0 Å². The molecule has 0 radical (unpaired) electrons. The van der Waals surface area contributed by atoms with Crippen molar-refractivity contribution in [3.05, 3.63) is 33.8 Å². The molecule has 1 saturated heterocycles. The normalized spacial score (nSPS) is 20.5. The summed E-state index contributed by atoms with van der Waals surface area (Å²) in [6.07, 6.45) is 2.95. The Morgan fingerprint density at radius 3 is 2.50 bits per heavy atom. The molecule has 4 amide bonds. The Morgan fingerprint density at radius 2 is 1.89 bits per heavy atom. The molecule has 0 aliphatic carbocycles. The lowest BCUT2D eigenvalue weighted by molar-refractivity contribution is -0.135. The van der Waals surface area contributed by atoms with Crippen molar-refractivity contribution in [3.63, 3.8) is 0 Å². The number of benzene rings is 1. The number of nitrogens with zero attached hydrogens (tertiary/aromatic N) is 1. The maximum Gasteiger partial charge on any atom is 0.325 e. The van der Waals surface area contributed by atoms with Crippen LogP contribution in [0.15, 0.2) is 18.2 Å². The summed E-state index contributed by atoms with van der Waals surface area (Å²) >= 11 is 12.1. The number of hydrogen-bond acceptors (Lipinski definition) is 3. The summed E-state index contributed by atoms with van der Waals surface area (Å²) < 4.78 is 0. The Balaban J connectivity index is 2.02. The zero-order valence-corrected chi connectivity index (χ0v) is 18.2. The SMILES string of the molecule is CC(C)CCC[C@H](C)NC(=O)CN1C(=O)N[C@@](C)(c2ccc(Cl)cc2Cl)C1=O. The van der Waals surface area contributed by atoms with Crippen molar-refractivity contribution < 1.29 is 14.4 Å². The minimum atomic E-state index is -1.35. The molecule has 0 unspecified atom stereocenters. The first kappa shape index (κ1) is 22.5. The number of imide groups is 1. The van der Waals surface area contributed by atoms with Crippen LogP contribution in [0, 0.1) is 5.92 Å². The lowest BCUT2D eigenvalue weighted by atomic mass is 9.92. The molecule has 154 valence electrons. The van der Waals surface area contributed by atoms with E-state index in [1.54, 1.807) is 19.1 Å². The van der Waals surface area contributed by atoms with Gasteiger partial charge in [-0.2, -0.15) is 0 Å².